The molecule has 0 radical (unpaired) electrons. The Morgan fingerprint density at radius 1 is 1.00 bits per heavy atom. The Morgan fingerprint density at radius 2 is 1.70 bits per heavy atom. The van der Waals surface area contributed by atoms with Crippen LogP contribution < -0.4 is 8.92 Å². The van der Waals surface area contributed by atoms with Gasteiger partial charge in [-0.3, -0.25) is 0 Å². The fourth-order valence-electron chi connectivity index (χ4n) is 1.50. The lowest BCUT2D eigenvalue weighted by Crippen LogP contribution is -2.10. The van der Waals surface area contributed by atoms with E-state index in [1.807, 2.05) is 0 Å². The van der Waals surface area contributed by atoms with Crippen molar-refractivity contribution < 1.29 is 17.3 Å². The number of hydrogen-bond donors (Lipinski definition) is 0. The molecule has 0 unspecified atom stereocenters. The smallest absolute Gasteiger partial charge is 0.340 e. The van der Waals surface area contributed by atoms with Crippen molar-refractivity contribution in [2.45, 2.75) is 4.90 Å². The van der Waals surface area contributed by atoms with Crippen LogP contribution in [0.1, 0.15) is 0 Å². The lowest BCUT2D eigenvalue weighted by Gasteiger charge is -2.09. The van der Waals surface area contributed by atoms with Gasteiger partial charge in [-0.15, -0.1) is 0 Å². The summed E-state index contributed by atoms with van der Waals surface area (Å²) < 4.78 is 35.8. The number of hydrogen-bond acceptors (Lipinski definition) is 4. The van der Waals surface area contributed by atoms with Crippen LogP contribution in [0.15, 0.2) is 56.3 Å². The Labute approximate surface area is 134 Å². The van der Waals surface area contributed by atoms with Gasteiger partial charge in [-0.25, -0.2) is 0 Å². The van der Waals surface area contributed by atoms with E-state index in [9.17, 15) is 8.42 Å². The molecule has 0 aliphatic rings. The molecule has 2 aromatic rings. The summed E-state index contributed by atoms with van der Waals surface area (Å²) in [5.74, 6) is 0.715. The maximum atomic E-state index is 12.2. The second kappa shape index (κ2) is 6.15. The maximum absolute atomic E-state index is 12.2. The Hall–Kier alpha value is -1.05. The Kier molecular flexibility index (Phi) is 4.72. The van der Waals surface area contributed by atoms with Gasteiger partial charge >= 0.3 is 10.1 Å². The summed E-state index contributed by atoms with van der Waals surface area (Å²) in [4.78, 5) is 0.0588. The third-order valence-corrected chi connectivity index (χ3v) is 5.13. The zero-order chi connectivity index (χ0) is 14.8. The predicted molar refractivity (Wildman–Crippen MR) is 82.6 cm³/mol. The fourth-order valence-corrected chi connectivity index (χ4v) is 4.12. The Bertz CT molecular complexity index is 729. The molecule has 0 spiro atoms. The molecule has 20 heavy (non-hydrogen) atoms. The largest absolute Gasteiger partial charge is 0.497 e. The van der Waals surface area contributed by atoms with E-state index >= 15 is 0 Å². The highest BCUT2D eigenvalue weighted by molar-refractivity contribution is 9.11. The van der Waals surface area contributed by atoms with E-state index < -0.39 is 10.1 Å². The van der Waals surface area contributed by atoms with Gasteiger partial charge < -0.3 is 8.92 Å². The number of rotatable bonds is 4. The third-order valence-electron chi connectivity index (χ3n) is 2.41. The molecule has 2 aromatic carbocycles. The highest BCUT2D eigenvalue weighted by Gasteiger charge is 2.20. The minimum Gasteiger partial charge on any atom is -0.497 e. The van der Waals surface area contributed by atoms with E-state index in [2.05, 4.69) is 31.9 Å². The zero-order valence-corrected chi connectivity index (χ0v) is 14.3. The molecular formula is C13H10Br2O4S. The summed E-state index contributed by atoms with van der Waals surface area (Å²) in [6.07, 6.45) is 0. The topological polar surface area (TPSA) is 52.6 Å². The monoisotopic (exact) mass is 420 g/mol. The molecule has 4 nitrogen and oxygen atoms in total. The average molecular weight is 422 g/mol. The first-order chi connectivity index (χ1) is 9.42. The molecule has 0 bridgehead atoms. The fraction of sp³-hybridized carbons (Fsp3) is 0.0769. The van der Waals surface area contributed by atoms with Gasteiger partial charge in [0.05, 0.1) is 7.11 Å². The number of ether oxygens (including phenoxy) is 1. The van der Waals surface area contributed by atoms with Crippen molar-refractivity contribution in [3.63, 3.8) is 0 Å². The van der Waals surface area contributed by atoms with Gasteiger partial charge in [-0.1, -0.05) is 22.0 Å². The SMILES string of the molecule is COc1cccc(OS(=O)(=O)c2ccc(Br)cc2Br)c1. The van der Waals surface area contributed by atoms with Crippen LogP contribution in [0.2, 0.25) is 0 Å². The summed E-state index contributed by atoms with van der Waals surface area (Å²) in [6, 6.07) is 11.1. The molecule has 0 heterocycles. The molecule has 0 aromatic heterocycles. The summed E-state index contributed by atoms with van der Waals surface area (Å²) in [7, 11) is -2.41. The van der Waals surface area contributed by atoms with E-state index in [4.69, 9.17) is 8.92 Å². The molecule has 0 saturated heterocycles. The van der Waals surface area contributed by atoms with Crippen molar-refractivity contribution in [1.82, 2.24) is 0 Å². The van der Waals surface area contributed by atoms with Crippen molar-refractivity contribution in [2.75, 3.05) is 7.11 Å². The first kappa shape index (κ1) is 15.3. The number of benzene rings is 2. The Morgan fingerprint density at radius 3 is 2.35 bits per heavy atom. The summed E-state index contributed by atoms with van der Waals surface area (Å²) in [5, 5.41) is 0. The molecule has 0 saturated carbocycles. The standard InChI is InChI=1S/C13H10Br2O4S/c1-18-10-3-2-4-11(8-10)19-20(16,17)13-6-5-9(14)7-12(13)15/h2-8H,1H3. The van der Waals surface area contributed by atoms with Gasteiger partial charge in [0, 0.05) is 15.0 Å². The van der Waals surface area contributed by atoms with Crippen molar-refractivity contribution in [1.29, 1.82) is 0 Å². The summed E-state index contributed by atoms with van der Waals surface area (Å²) in [6.45, 7) is 0. The second-order valence-electron chi connectivity index (χ2n) is 3.79. The maximum Gasteiger partial charge on any atom is 0.340 e. The minimum atomic E-state index is -3.91. The van der Waals surface area contributed by atoms with E-state index in [0.29, 0.717) is 10.2 Å². The van der Waals surface area contributed by atoms with E-state index in [0.717, 1.165) is 4.47 Å². The third kappa shape index (κ3) is 3.53. The quantitative estimate of drug-likeness (QED) is 0.700. The number of halogens is 2. The van der Waals surface area contributed by atoms with Crippen molar-refractivity contribution in [3.8, 4) is 11.5 Å². The molecule has 106 valence electrons. The summed E-state index contributed by atoms with van der Waals surface area (Å²) in [5.41, 5.74) is 0. The van der Waals surface area contributed by atoms with Gasteiger partial charge in [0.25, 0.3) is 0 Å². The first-order valence-corrected chi connectivity index (χ1v) is 8.45. The van der Waals surface area contributed by atoms with Crippen LogP contribution in [0, 0.1) is 0 Å². The van der Waals surface area contributed by atoms with Crippen LogP contribution in [0.3, 0.4) is 0 Å². The molecule has 0 aliphatic carbocycles. The molecule has 0 aliphatic heterocycles. The minimum absolute atomic E-state index is 0.0588. The molecule has 0 amide bonds. The summed E-state index contributed by atoms with van der Waals surface area (Å²) >= 11 is 6.48. The molecule has 0 atom stereocenters. The second-order valence-corrected chi connectivity index (χ2v) is 7.08. The molecule has 7 heteroatoms. The first-order valence-electron chi connectivity index (χ1n) is 5.46. The van der Waals surface area contributed by atoms with Crippen molar-refractivity contribution in [3.05, 3.63) is 51.4 Å². The molecule has 2 rings (SSSR count). The van der Waals surface area contributed by atoms with E-state index in [1.54, 1.807) is 30.3 Å². The molecule has 0 fully saturated rings. The van der Waals surface area contributed by atoms with Crippen LogP contribution in [0.4, 0.5) is 0 Å². The van der Waals surface area contributed by atoms with Crippen LogP contribution >= 0.6 is 31.9 Å². The van der Waals surface area contributed by atoms with Gasteiger partial charge in [0.2, 0.25) is 0 Å². The van der Waals surface area contributed by atoms with Gasteiger partial charge in [0.1, 0.15) is 16.4 Å². The van der Waals surface area contributed by atoms with Crippen LogP contribution in [0.25, 0.3) is 0 Å². The lowest BCUT2D eigenvalue weighted by atomic mass is 10.3. The van der Waals surface area contributed by atoms with Crippen molar-refractivity contribution >= 4 is 42.0 Å². The highest BCUT2D eigenvalue weighted by Crippen LogP contribution is 2.29. The van der Waals surface area contributed by atoms with Crippen molar-refractivity contribution in [2.24, 2.45) is 0 Å². The molecular weight excluding hydrogens is 412 g/mol. The van der Waals surface area contributed by atoms with Gasteiger partial charge in [-0.2, -0.15) is 8.42 Å². The van der Waals surface area contributed by atoms with Gasteiger partial charge in [0.15, 0.2) is 0 Å². The van der Waals surface area contributed by atoms with Crippen LogP contribution in [0.5, 0.6) is 11.5 Å². The van der Waals surface area contributed by atoms with Crippen LogP contribution in [-0.2, 0) is 10.1 Å². The molecule has 0 N–H and O–H groups in total. The lowest BCUT2D eigenvalue weighted by molar-refractivity contribution is 0.411. The van der Waals surface area contributed by atoms with Gasteiger partial charge in [-0.05, 0) is 46.3 Å². The zero-order valence-electron chi connectivity index (χ0n) is 10.3. The number of methoxy groups -OCH3 is 1. The predicted octanol–water partition coefficient (Wildman–Crippen LogP) is 3.99. The van der Waals surface area contributed by atoms with Crippen LogP contribution in [-0.4, -0.2) is 15.5 Å². The highest BCUT2D eigenvalue weighted by atomic mass is 79.9. The Balaban J connectivity index is 2.35. The van der Waals surface area contributed by atoms with E-state index in [1.165, 1.54) is 19.2 Å². The van der Waals surface area contributed by atoms with E-state index in [-0.39, 0.29) is 10.6 Å². The normalized spacial score (nSPS) is 11.2. The average Bonchev–Trinajstić information content (AvgIpc) is 2.37.